The topological polar surface area (TPSA) is 614 Å². The monoisotopic (exact) mass is 1850 g/mol. The second kappa shape index (κ2) is 57.1. The van der Waals surface area contributed by atoms with Crippen molar-refractivity contribution >= 4 is 148 Å². The summed E-state index contributed by atoms with van der Waals surface area (Å²) in [4.78, 5) is 247. The minimum absolute atomic E-state index is 0.00840. The number of thiol groups is 2. The number of terminal acetylenes is 1. The maximum atomic E-state index is 14.9. The van der Waals surface area contributed by atoms with Crippen LogP contribution in [0, 0.1) is 30.1 Å². The summed E-state index contributed by atoms with van der Waals surface area (Å²) in [5.74, 6) is -14.0. The summed E-state index contributed by atoms with van der Waals surface area (Å²) in [5.41, 5.74) is 8.65. The third-order valence-corrected chi connectivity index (χ3v) is 20.8. The van der Waals surface area contributed by atoms with Crippen molar-refractivity contribution in [2.45, 2.75) is 212 Å². The van der Waals surface area contributed by atoms with Gasteiger partial charge in [0.15, 0.2) is 0 Å². The number of nitrogens with zero attached hydrogens (tertiary/aromatic N) is 1. The third kappa shape index (κ3) is 38.3. The molecule has 3 aromatic heterocycles. The molecule has 0 saturated carbocycles. The molecule has 0 unspecified atom stereocenters. The Balaban J connectivity index is 1.37. The van der Waals surface area contributed by atoms with E-state index in [1.807, 2.05) is 5.32 Å². The van der Waals surface area contributed by atoms with Crippen LogP contribution in [0.4, 0.5) is 0 Å². The molecule has 21 N–H and O–H groups in total. The fraction of sp³-hybridized carbons (Fsp3) is 0.558. The van der Waals surface area contributed by atoms with Crippen LogP contribution in [-0.4, -0.2) is 282 Å². The van der Waals surface area contributed by atoms with E-state index in [9.17, 15) is 86.6 Å². The number of aliphatic hydroxyl groups excluding tert-OH is 1. The zero-order valence-electron chi connectivity index (χ0n) is 74.7. The Morgan fingerprint density at radius 3 is 1.42 bits per heavy atom. The number of H-pyrrole nitrogens is 3. The van der Waals surface area contributed by atoms with Gasteiger partial charge in [-0.15, -0.1) is 12.3 Å². The molecule has 0 spiro atoms. The van der Waals surface area contributed by atoms with Crippen molar-refractivity contribution < 1.29 is 106 Å². The van der Waals surface area contributed by atoms with Crippen LogP contribution in [0.15, 0.2) is 73.4 Å². The van der Waals surface area contributed by atoms with E-state index in [1.165, 1.54) is 26.4 Å². The molecular formula is C86H126N20O22S2. The summed E-state index contributed by atoms with van der Waals surface area (Å²) in [6.45, 7) is 14.2. The first kappa shape index (κ1) is 109. The van der Waals surface area contributed by atoms with E-state index in [2.05, 4.69) is 130 Å². The average molecular weight is 1860 g/mol. The number of aliphatic hydroxyl groups is 1. The van der Waals surface area contributed by atoms with Crippen molar-refractivity contribution in [1.82, 2.24) is 99.7 Å². The molecule has 0 aliphatic carbocycles. The Bertz CT molecular complexity index is 4650. The first-order valence-electron chi connectivity index (χ1n) is 42.8. The Morgan fingerprint density at radius 1 is 0.485 bits per heavy atom. The number of hydrogen-bond donors (Lipinski definition) is 22. The number of carbonyl (C=O) groups excluding carboxylic acids is 17. The van der Waals surface area contributed by atoms with Crippen molar-refractivity contribution in [2.24, 2.45) is 23.5 Å². The largest absolute Gasteiger partial charge is 0.469 e. The maximum Gasteiger partial charge on any atom is 0.307 e. The van der Waals surface area contributed by atoms with Crippen LogP contribution in [0.2, 0.25) is 0 Å². The van der Waals surface area contributed by atoms with Crippen molar-refractivity contribution in [3.63, 3.8) is 0 Å². The molecule has 714 valence electrons. The second-order valence-corrected chi connectivity index (χ2v) is 32.8. The first-order chi connectivity index (χ1) is 61.9. The van der Waals surface area contributed by atoms with Crippen molar-refractivity contribution in [2.75, 3.05) is 77.9 Å². The van der Waals surface area contributed by atoms with Crippen LogP contribution in [0.1, 0.15) is 131 Å². The van der Waals surface area contributed by atoms with E-state index < -0.39 is 205 Å². The molecule has 0 saturated heterocycles. The zero-order chi connectivity index (χ0) is 96.1. The Kier molecular flexibility index (Phi) is 47.7. The Hall–Kier alpha value is -12.0. The highest BCUT2D eigenvalue weighted by molar-refractivity contribution is 7.80. The molecule has 0 fully saturated rings. The number of fused-ring (bicyclic) bond motifs is 2. The molecule has 5 aromatic rings. The van der Waals surface area contributed by atoms with Gasteiger partial charge in [-0.25, -0.2) is 4.98 Å². The number of nitrogens with one attached hydrogen (secondary N) is 18. The molecule has 0 aliphatic heterocycles. The number of aromatic nitrogens is 4. The molecule has 2 aromatic carbocycles. The van der Waals surface area contributed by atoms with E-state index in [0.29, 0.717) is 64.4 Å². The molecule has 3 heterocycles. The van der Waals surface area contributed by atoms with Gasteiger partial charge in [0, 0.05) is 116 Å². The predicted octanol–water partition coefficient (Wildman–Crippen LogP) is -2.72. The molecule has 0 radical (unpaired) electrons. The first-order valence-corrected chi connectivity index (χ1v) is 44.1. The Morgan fingerprint density at radius 2 is 0.931 bits per heavy atom. The predicted molar refractivity (Wildman–Crippen MR) is 483 cm³/mol. The number of hydrogen-bond acceptors (Lipinski definition) is 26. The van der Waals surface area contributed by atoms with Gasteiger partial charge >= 0.3 is 5.97 Å². The number of carbonyl (C=O) groups is 17. The average Bonchev–Trinajstić information content (AvgIpc) is 1.66. The molecule has 13 atom stereocenters. The van der Waals surface area contributed by atoms with Crippen LogP contribution in [-0.2, 0) is 120 Å². The van der Waals surface area contributed by atoms with E-state index in [-0.39, 0.29) is 108 Å². The highest BCUT2D eigenvalue weighted by Gasteiger charge is 2.39. The van der Waals surface area contributed by atoms with E-state index >= 15 is 0 Å². The lowest BCUT2D eigenvalue weighted by Crippen LogP contribution is -2.62. The number of para-hydroxylation sites is 2. The molecular weight excluding hydrogens is 1730 g/mol. The normalized spacial score (nSPS) is 14.2. The number of methoxy groups -OCH3 is 1. The number of imidazole rings is 1. The molecule has 44 heteroatoms. The summed E-state index contributed by atoms with van der Waals surface area (Å²) < 4.78 is 21.3. The van der Waals surface area contributed by atoms with Gasteiger partial charge in [-0.1, -0.05) is 77.9 Å². The van der Waals surface area contributed by atoms with E-state index in [4.69, 9.17) is 26.4 Å². The fourth-order valence-corrected chi connectivity index (χ4v) is 13.6. The lowest BCUT2D eigenvalue weighted by Gasteiger charge is -2.29. The van der Waals surface area contributed by atoms with E-state index in [1.54, 1.807) is 102 Å². The maximum absolute atomic E-state index is 14.9. The molecule has 5 rings (SSSR count). The number of unbranched alkanes of at least 4 members (excludes halogenated alkanes) is 1. The summed E-state index contributed by atoms with van der Waals surface area (Å²) in [6, 6.07) is -3.59. The van der Waals surface area contributed by atoms with Gasteiger partial charge < -0.3 is 119 Å². The minimum Gasteiger partial charge on any atom is -0.469 e. The van der Waals surface area contributed by atoms with Crippen LogP contribution in [0.3, 0.4) is 0 Å². The van der Waals surface area contributed by atoms with Gasteiger partial charge in [0.1, 0.15) is 66.5 Å². The van der Waals surface area contributed by atoms with Gasteiger partial charge in [-0.3, -0.25) is 86.8 Å². The second-order valence-electron chi connectivity index (χ2n) is 32.1. The summed E-state index contributed by atoms with van der Waals surface area (Å²) in [5, 5.41) is 50.2. The van der Waals surface area contributed by atoms with Crippen molar-refractivity contribution in [3.05, 3.63) is 90.3 Å². The Labute approximate surface area is 764 Å². The van der Waals surface area contributed by atoms with Crippen LogP contribution < -0.4 is 85.5 Å². The molecule has 16 amide bonds. The number of benzene rings is 2. The lowest BCUT2D eigenvalue weighted by molar-refractivity contribution is -0.143. The van der Waals surface area contributed by atoms with Gasteiger partial charge in [-0.05, 0) is 80.5 Å². The summed E-state index contributed by atoms with van der Waals surface area (Å²) in [6.07, 6.45) is 8.95. The highest BCUT2D eigenvalue weighted by atomic mass is 32.1. The SMILES string of the molecule is C#CCCCC(=O)NCCOCCOCCOCCNC(=O)CC[C@H](NC(=O)CNC(=O)[C@H](CC(C)C)NC(=O)[C@H](Cc1cnc[nH]1)NC(=O)[C@H](Cc1c[nH]c2ccccc12)NC(=O)[C@H](C)NC(=O)[C@H](CS)NC(=O)[C@@H](N)CC(=O)OC)C(=O)N[C@@H](CC(C)C)C(=O)N[C@H](C(=O)N[C@@H](Cc1c[nH]c2ccccc12)C(=O)N[C@@H](CS)C(=O)N[C@H](C(=O)NC(C)=O)[C@@H](C)O)C(C)C. The lowest BCUT2D eigenvalue weighted by atomic mass is 9.98. The highest BCUT2D eigenvalue weighted by Crippen LogP contribution is 2.23. The quantitative estimate of drug-likeness (QED) is 0.00814. The number of rotatable bonds is 59. The van der Waals surface area contributed by atoms with Crippen LogP contribution >= 0.6 is 25.3 Å². The number of nitrogens with two attached hydrogens (primary N) is 1. The number of amides is 16. The van der Waals surface area contributed by atoms with Gasteiger partial charge in [0.2, 0.25) is 88.6 Å². The van der Waals surface area contributed by atoms with Crippen LogP contribution in [0.25, 0.3) is 21.8 Å². The summed E-state index contributed by atoms with van der Waals surface area (Å²) >= 11 is 8.45. The van der Waals surface area contributed by atoms with Gasteiger partial charge in [0.05, 0.1) is 78.2 Å². The van der Waals surface area contributed by atoms with Crippen molar-refractivity contribution in [3.8, 4) is 12.3 Å². The van der Waals surface area contributed by atoms with Gasteiger partial charge in [-0.2, -0.15) is 25.3 Å². The minimum atomic E-state index is -1.65. The molecule has 0 bridgehead atoms. The fourth-order valence-electron chi connectivity index (χ4n) is 13.1. The third-order valence-electron chi connectivity index (χ3n) is 20.0. The molecule has 42 nitrogen and oxygen atoms in total. The van der Waals surface area contributed by atoms with Gasteiger partial charge in [0.25, 0.3) is 5.91 Å². The zero-order valence-corrected chi connectivity index (χ0v) is 76.5. The number of imide groups is 1. The smallest absolute Gasteiger partial charge is 0.307 e. The molecule has 130 heavy (non-hydrogen) atoms. The number of aromatic amines is 3. The number of ether oxygens (including phenoxy) is 4. The van der Waals surface area contributed by atoms with Crippen molar-refractivity contribution in [1.29, 1.82) is 0 Å². The van der Waals surface area contributed by atoms with E-state index in [0.717, 1.165) is 14.0 Å². The summed E-state index contributed by atoms with van der Waals surface area (Å²) in [7, 11) is 1.11. The number of esters is 1. The standard InChI is InChI=1S/C86H126N20O22S2/c1-12-13-14-23-69(109)89-26-28-126-30-32-128-33-31-127-29-27-90-70(110)25-24-61(78(116)100-63(35-48(4)5)82(120)105-73(49(6)7)85(123)102-65(37-54-41-92-60-22-18-16-20-57(54)60)80(118)104-68(45-130)84(122)106-74(51(9)107)86(124)96-52(10)108)97-71(111)43-93-77(115)62(34-47(2)3)99-81(119)66(38-55-42-88-46-94-55)101-79(117)64(36-53-40-91-59-21-17-15-19-56(53)59)98-75(113)50(8)95-83(121)67(44-129)103-76(114)58(87)39-72(112)125-11/h1,15-22,40-42,46-51,58,61-68,73-74,91-92,107,129-130H,13-14,23-39,43-45,87H2,2-11H3,(H,88,94)(H,89,109)(H,90,110)(H,93,115)(H,95,121)(H,97,111)(H,98,113)(H,99,119)(H,100,116)(H,101,117)(H,102,123)(H,103,114)(H,104,118)(H,105,120)(H,106,122)(H,96,108,124)/t50-,51+,58-,61-,62-,63-,64-,65-,66-,67-,68-,73-,74-/m0/s1. The molecule has 0 aliphatic rings. The van der Waals surface area contributed by atoms with Crippen LogP contribution in [0.5, 0.6) is 0 Å².